The zero-order chi connectivity index (χ0) is 28.5. The molecule has 1 atom stereocenters. The maximum atomic E-state index is 15.1. The molecule has 10 heteroatoms. The molecule has 8 nitrogen and oxygen atoms in total. The summed E-state index contributed by atoms with van der Waals surface area (Å²) < 4.78 is 15.1. The zero-order valence-corrected chi connectivity index (χ0v) is 23.6. The van der Waals surface area contributed by atoms with Crippen molar-refractivity contribution in [3.05, 3.63) is 47.7 Å². The number of carbonyl (C=O) groups is 3. The highest BCUT2D eigenvalue weighted by molar-refractivity contribution is 7.14. The zero-order valence-electron chi connectivity index (χ0n) is 22.8. The number of nitrogens with zero attached hydrogens (tertiary/aromatic N) is 4. The Bertz CT molecular complexity index is 1470. The number of amides is 2. The van der Waals surface area contributed by atoms with E-state index in [9.17, 15) is 19.5 Å². The largest absolute Gasteiger partial charge is 0.481 e. The Hall–Kier alpha value is -3.66. The first kappa shape index (κ1) is 27.5. The van der Waals surface area contributed by atoms with Gasteiger partial charge in [-0.1, -0.05) is 49.9 Å². The number of halogens is 1. The molecule has 3 aromatic rings. The minimum Gasteiger partial charge on any atom is -0.481 e. The molecule has 1 aliphatic heterocycles. The highest BCUT2D eigenvalue weighted by Gasteiger charge is 2.40. The molecule has 0 spiro atoms. The molecule has 3 heterocycles. The molecular weight excluding hydrogens is 543 g/mol. The van der Waals surface area contributed by atoms with Crippen molar-refractivity contribution in [1.29, 1.82) is 0 Å². The van der Waals surface area contributed by atoms with Gasteiger partial charge >= 0.3 is 5.97 Å². The summed E-state index contributed by atoms with van der Waals surface area (Å²) in [6.07, 6.45) is 9.22. The minimum atomic E-state index is -0.952. The number of thiazole rings is 1. The van der Waals surface area contributed by atoms with Crippen LogP contribution in [0.25, 0.3) is 22.4 Å². The Morgan fingerprint density at radius 1 is 1.12 bits per heavy atom. The molecule has 6 rings (SSSR count). The van der Waals surface area contributed by atoms with Crippen LogP contribution in [0, 0.1) is 17.7 Å². The fourth-order valence-corrected chi connectivity index (χ4v) is 7.10. The van der Waals surface area contributed by atoms with Gasteiger partial charge in [-0.25, -0.2) is 14.4 Å². The lowest BCUT2D eigenvalue weighted by Gasteiger charge is -2.26. The van der Waals surface area contributed by atoms with Crippen LogP contribution >= 0.6 is 11.3 Å². The van der Waals surface area contributed by atoms with Gasteiger partial charge in [-0.3, -0.25) is 24.2 Å². The summed E-state index contributed by atoms with van der Waals surface area (Å²) in [5, 5.41) is 12.0. The first-order chi connectivity index (χ1) is 19.9. The summed E-state index contributed by atoms with van der Waals surface area (Å²) in [4.78, 5) is 49.9. The van der Waals surface area contributed by atoms with Crippen molar-refractivity contribution < 1.29 is 23.9 Å². The van der Waals surface area contributed by atoms with Gasteiger partial charge in [0.15, 0.2) is 16.8 Å². The summed E-state index contributed by atoms with van der Waals surface area (Å²) in [5.74, 6) is -1.89. The van der Waals surface area contributed by atoms with Crippen molar-refractivity contribution in [2.75, 3.05) is 16.3 Å². The maximum Gasteiger partial charge on any atom is 0.304 e. The predicted molar refractivity (Wildman–Crippen MR) is 155 cm³/mol. The SMILES string of the molecule is O=C(O)CC(CC1CCCC1)C(=O)N(c1nc(-c2ccccc2-c2cnc(N3CCCC3=O)c(F)c2)cs1)C1CC1. The number of anilines is 2. The lowest BCUT2D eigenvalue weighted by Crippen LogP contribution is -2.39. The van der Waals surface area contributed by atoms with Gasteiger partial charge in [0.2, 0.25) is 11.8 Å². The van der Waals surface area contributed by atoms with E-state index in [4.69, 9.17) is 4.98 Å². The van der Waals surface area contributed by atoms with Gasteiger partial charge in [0.1, 0.15) is 0 Å². The third-order valence-electron chi connectivity index (χ3n) is 8.38. The second kappa shape index (κ2) is 11.7. The molecule has 1 N–H and O–H groups in total. The lowest BCUT2D eigenvalue weighted by molar-refractivity contribution is -0.141. The molecule has 2 aliphatic carbocycles. The fraction of sp³-hybridized carbons (Fsp3) is 0.452. The summed E-state index contributed by atoms with van der Waals surface area (Å²) in [7, 11) is 0. The standard InChI is InChI=1S/C31H33FN4O4S/c32-25-15-21(17-33-29(25)35-13-5-10-27(35)37)23-8-3-4-9-24(23)26-18-41-31(34-26)36(22-11-12-22)30(40)20(16-28(38)39)14-19-6-1-2-7-19/h3-4,8-9,15,17-20,22H,1-2,5-7,10-14,16H2,(H,38,39). The van der Waals surface area contributed by atoms with E-state index in [1.54, 1.807) is 11.1 Å². The van der Waals surface area contributed by atoms with Crippen molar-refractivity contribution >= 4 is 40.1 Å². The molecule has 3 fully saturated rings. The molecular formula is C31H33FN4O4S. The number of aliphatic carboxylic acids is 1. The third kappa shape index (κ3) is 5.88. The van der Waals surface area contributed by atoms with Crippen molar-refractivity contribution in [3.63, 3.8) is 0 Å². The van der Waals surface area contributed by atoms with Crippen LogP contribution < -0.4 is 9.80 Å². The second-order valence-electron chi connectivity index (χ2n) is 11.4. The van der Waals surface area contributed by atoms with E-state index < -0.39 is 17.7 Å². The maximum absolute atomic E-state index is 15.1. The van der Waals surface area contributed by atoms with Gasteiger partial charge in [0, 0.05) is 47.6 Å². The van der Waals surface area contributed by atoms with E-state index in [1.165, 1.54) is 22.3 Å². The Morgan fingerprint density at radius 2 is 1.88 bits per heavy atom. The molecule has 214 valence electrons. The van der Waals surface area contributed by atoms with Gasteiger partial charge in [-0.15, -0.1) is 11.3 Å². The number of rotatable bonds is 10. The van der Waals surface area contributed by atoms with Crippen LogP contribution in [0.3, 0.4) is 0 Å². The van der Waals surface area contributed by atoms with Crippen molar-refractivity contribution in [1.82, 2.24) is 9.97 Å². The van der Waals surface area contributed by atoms with Gasteiger partial charge in [-0.2, -0.15) is 0 Å². The van der Waals surface area contributed by atoms with Crippen LogP contribution in [0.5, 0.6) is 0 Å². The van der Waals surface area contributed by atoms with Gasteiger partial charge in [0.25, 0.3) is 0 Å². The molecule has 2 saturated carbocycles. The van der Waals surface area contributed by atoms with Gasteiger partial charge in [0.05, 0.1) is 12.1 Å². The van der Waals surface area contributed by atoms with E-state index in [0.717, 1.165) is 49.7 Å². The van der Waals surface area contributed by atoms with Crippen LogP contribution in [0.1, 0.15) is 64.2 Å². The number of pyridine rings is 1. The molecule has 1 aromatic carbocycles. The number of carboxylic acids is 1. The summed E-state index contributed by atoms with van der Waals surface area (Å²) in [5.41, 5.74) is 2.74. The third-order valence-corrected chi connectivity index (χ3v) is 9.22. The number of carbonyl (C=O) groups excluding carboxylic acids is 2. The fourth-order valence-electron chi connectivity index (χ4n) is 6.20. The molecule has 3 aliphatic rings. The molecule has 1 unspecified atom stereocenters. The molecule has 0 radical (unpaired) electrons. The highest BCUT2D eigenvalue weighted by atomic mass is 32.1. The lowest BCUT2D eigenvalue weighted by atomic mass is 9.90. The summed E-state index contributed by atoms with van der Waals surface area (Å²) in [6.45, 7) is 0.463. The molecule has 2 aromatic heterocycles. The smallest absolute Gasteiger partial charge is 0.304 e. The van der Waals surface area contributed by atoms with Crippen molar-refractivity contribution in [2.24, 2.45) is 11.8 Å². The molecule has 41 heavy (non-hydrogen) atoms. The first-order valence-corrected chi connectivity index (χ1v) is 15.3. The van der Waals surface area contributed by atoms with E-state index in [1.807, 2.05) is 29.6 Å². The van der Waals surface area contributed by atoms with Crippen LogP contribution in [0.4, 0.5) is 15.3 Å². The van der Waals surface area contributed by atoms with Crippen LogP contribution in [-0.4, -0.2) is 45.4 Å². The monoisotopic (exact) mass is 576 g/mol. The highest BCUT2D eigenvalue weighted by Crippen LogP contribution is 2.41. The van der Waals surface area contributed by atoms with E-state index >= 15 is 4.39 Å². The summed E-state index contributed by atoms with van der Waals surface area (Å²) >= 11 is 1.37. The van der Waals surface area contributed by atoms with Crippen LogP contribution in [0.2, 0.25) is 0 Å². The Labute approximate surface area is 242 Å². The number of hydrogen-bond donors (Lipinski definition) is 1. The Kier molecular flexibility index (Phi) is 7.84. The normalized spacial score (nSPS) is 18.2. The topological polar surface area (TPSA) is 104 Å². The van der Waals surface area contributed by atoms with Crippen LogP contribution in [0.15, 0.2) is 41.9 Å². The minimum absolute atomic E-state index is 0.0377. The average Bonchev–Trinajstić information content (AvgIpc) is 3.29. The molecule has 0 bridgehead atoms. The quantitative estimate of drug-likeness (QED) is 0.304. The van der Waals surface area contributed by atoms with Crippen molar-refractivity contribution in [2.45, 2.75) is 70.3 Å². The average molecular weight is 577 g/mol. The van der Waals surface area contributed by atoms with E-state index in [2.05, 4.69) is 4.98 Å². The van der Waals surface area contributed by atoms with Gasteiger partial charge in [-0.05, 0) is 43.2 Å². The van der Waals surface area contributed by atoms with Crippen molar-refractivity contribution in [3.8, 4) is 22.4 Å². The predicted octanol–water partition coefficient (Wildman–Crippen LogP) is 6.30. The second-order valence-corrected chi connectivity index (χ2v) is 12.2. The number of hydrogen-bond acceptors (Lipinski definition) is 6. The number of aromatic nitrogens is 2. The molecule has 1 saturated heterocycles. The number of benzene rings is 1. The van der Waals surface area contributed by atoms with E-state index in [-0.39, 0.29) is 30.1 Å². The number of carboxylic acid groups (broad SMARTS) is 1. The van der Waals surface area contributed by atoms with Crippen LogP contribution in [-0.2, 0) is 14.4 Å². The first-order valence-electron chi connectivity index (χ1n) is 14.4. The molecule has 2 amide bonds. The van der Waals surface area contributed by atoms with E-state index in [0.29, 0.717) is 48.1 Å². The Morgan fingerprint density at radius 3 is 2.54 bits per heavy atom. The summed E-state index contributed by atoms with van der Waals surface area (Å²) in [6, 6.07) is 8.96. The van der Waals surface area contributed by atoms with Gasteiger partial charge < -0.3 is 5.11 Å². The Balaban J connectivity index is 1.28.